The van der Waals surface area contributed by atoms with Gasteiger partial charge in [0, 0.05) is 22.7 Å². The molecule has 0 spiro atoms. The molecule has 170 valence electrons. The van der Waals surface area contributed by atoms with Crippen molar-refractivity contribution in [3.05, 3.63) is 106 Å². The van der Waals surface area contributed by atoms with Crippen LogP contribution < -0.4 is 11.0 Å². The summed E-state index contributed by atoms with van der Waals surface area (Å²) in [7, 11) is 0.843. The average molecular weight is 452 g/mol. The van der Waals surface area contributed by atoms with Crippen LogP contribution in [-0.2, 0) is 16.0 Å². The second-order valence-corrected chi connectivity index (χ2v) is 8.37. The number of ether oxygens (including phenoxy) is 2. The fourth-order valence-corrected chi connectivity index (χ4v) is 4.25. The zero-order valence-corrected chi connectivity index (χ0v) is 19.1. The standard InChI is InChI=1S/C27H25BN2O4/c1-28-24-9-4-6-20(29-24)16-30-17-22(26(32)21-7-2-3-8-23(21)30)25(31)18-10-12-19(13-11-18)27-33-14-5-15-34-27/h2-4,6-13,17,27-28H,5,14-16H2,1H3. The topological polar surface area (TPSA) is 70.4 Å². The van der Waals surface area contributed by atoms with Gasteiger partial charge in [0.25, 0.3) is 0 Å². The number of hydrogen-bond donors (Lipinski definition) is 0. The third-order valence-corrected chi connectivity index (χ3v) is 6.06. The summed E-state index contributed by atoms with van der Waals surface area (Å²) in [5, 5.41) is 0.514. The first-order chi connectivity index (χ1) is 16.6. The van der Waals surface area contributed by atoms with Crippen LogP contribution in [0.2, 0.25) is 6.82 Å². The summed E-state index contributed by atoms with van der Waals surface area (Å²) in [4.78, 5) is 31.4. The largest absolute Gasteiger partial charge is 0.348 e. The van der Waals surface area contributed by atoms with E-state index in [9.17, 15) is 9.59 Å². The van der Waals surface area contributed by atoms with Gasteiger partial charge < -0.3 is 14.0 Å². The number of para-hydroxylation sites is 1. The van der Waals surface area contributed by atoms with E-state index >= 15 is 0 Å². The van der Waals surface area contributed by atoms with Crippen LogP contribution in [0.1, 0.15) is 39.9 Å². The predicted octanol–water partition coefficient (Wildman–Crippen LogP) is 3.22. The highest BCUT2D eigenvalue weighted by Crippen LogP contribution is 2.24. The normalized spacial score (nSPS) is 14.3. The molecule has 1 fully saturated rings. The maximum absolute atomic E-state index is 13.4. The minimum Gasteiger partial charge on any atom is -0.348 e. The number of carbonyl (C=O) groups is 1. The van der Waals surface area contributed by atoms with Crippen molar-refractivity contribution in [1.29, 1.82) is 0 Å². The predicted molar refractivity (Wildman–Crippen MR) is 133 cm³/mol. The lowest BCUT2D eigenvalue weighted by Gasteiger charge is -2.23. The van der Waals surface area contributed by atoms with Gasteiger partial charge in [0.15, 0.2) is 19.4 Å². The van der Waals surface area contributed by atoms with Crippen molar-refractivity contribution in [2.45, 2.75) is 26.1 Å². The molecule has 1 aliphatic heterocycles. The molecule has 0 radical (unpaired) electrons. The molecule has 5 rings (SSSR count). The molecule has 3 heterocycles. The van der Waals surface area contributed by atoms with Crippen molar-refractivity contribution in [2.75, 3.05) is 13.2 Å². The van der Waals surface area contributed by atoms with E-state index in [4.69, 9.17) is 14.5 Å². The molecule has 34 heavy (non-hydrogen) atoms. The molecular weight excluding hydrogens is 427 g/mol. The molecule has 0 saturated carbocycles. The Kier molecular flexibility index (Phi) is 6.38. The maximum Gasteiger partial charge on any atom is 0.200 e. The van der Waals surface area contributed by atoms with Crippen molar-refractivity contribution in [3.63, 3.8) is 0 Å². The Bertz CT molecular complexity index is 1390. The molecule has 0 bridgehead atoms. The smallest absolute Gasteiger partial charge is 0.200 e. The molecule has 1 aliphatic rings. The Labute approximate surface area is 198 Å². The number of hydrogen-bond acceptors (Lipinski definition) is 5. The maximum atomic E-state index is 13.4. The summed E-state index contributed by atoms with van der Waals surface area (Å²) in [5.74, 6) is -0.309. The van der Waals surface area contributed by atoms with E-state index < -0.39 is 6.29 Å². The molecule has 1 saturated heterocycles. The highest BCUT2D eigenvalue weighted by molar-refractivity contribution is 6.50. The summed E-state index contributed by atoms with van der Waals surface area (Å²) in [6, 6.07) is 20.4. The Balaban J connectivity index is 1.52. The summed E-state index contributed by atoms with van der Waals surface area (Å²) in [6.07, 6.45) is 2.12. The second-order valence-electron chi connectivity index (χ2n) is 8.37. The van der Waals surface area contributed by atoms with Crippen molar-refractivity contribution in [1.82, 2.24) is 9.55 Å². The number of rotatable bonds is 6. The van der Waals surface area contributed by atoms with Crippen molar-refractivity contribution in [3.8, 4) is 0 Å². The Morgan fingerprint density at radius 1 is 1.03 bits per heavy atom. The molecule has 6 nitrogen and oxygen atoms in total. The lowest BCUT2D eigenvalue weighted by Crippen LogP contribution is -2.22. The molecule has 2 aromatic heterocycles. The second kappa shape index (κ2) is 9.75. The molecule has 0 aliphatic carbocycles. The number of fused-ring (bicyclic) bond motifs is 1. The van der Waals surface area contributed by atoms with Crippen LogP contribution in [0.25, 0.3) is 10.9 Å². The van der Waals surface area contributed by atoms with Gasteiger partial charge >= 0.3 is 0 Å². The van der Waals surface area contributed by atoms with Gasteiger partial charge in [-0.15, -0.1) is 0 Å². The molecule has 0 N–H and O–H groups in total. The lowest BCUT2D eigenvalue weighted by atomic mass is 9.77. The minimum absolute atomic E-state index is 0.142. The highest BCUT2D eigenvalue weighted by Gasteiger charge is 2.20. The zero-order valence-electron chi connectivity index (χ0n) is 19.1. The van der Waals surface area contributed by atoms with Crippen LogP contribution in [0, 0.1) is 0 Å². The number of nitrogens with zero attached hydrogens (tertiary/aromatic N) is 2. The van der Waals surface area contributed by atoms with Gasteiger partial charge in [0.1, 0.15) is 0 Å². The van der Waals surface area contributed by atoms with E-state index in [1.54, 1.807) is 24.4 Å². The van der Waals surface area contributed by atoms with Crippen LogP contribution in [0.5, 0.6) is 0 Å². The van der Waals surface area contributed by atoms with Crippen LogP contribution in [0.15, 0.2) is 77.7 Å². The fraction of sp³-hybridized carbons (Fsp3) is 0.222. The van der Waals surface area contributed by atoms with Crippen molar-refractivity contribution >= 4 is 29.6 Å². The number of ketones is 1. The molecular formula is C27H25BN2O4. The van der Waals surface area contributed by atoms with Gasteiger partial charge in [-0.2, -0.15) is 0 Å². The van der Waals surface area contributed by atoms with Crippen LogP contribution in [0.4, 0.5) is 0 Å². The van der Waals surface area contributed by atoms with E-state index in [2.05, 4.69) is 6.82 Å². The number of carbonyl (C=O) groups excluding carboxylic acids is 1. The molecule has 4 aromatic rings. The number of aromatic nitrogens is 2. The fourth-order valence-electron chi connectivity index (χ4n) is 4.25. The van der Waals surface area contributed by atoms with E-state index in [0.29, 0.717) is 30.7 Å². The molecule has 0 atom stereocenters. The SMILES string of the molecule is CBc1cccc(Cn2cc(C(=O)c3ccc(C4OCCCO4)cc3)c(=O)c3ccccc32)n1. The Hall–Kier alpha value is -3.55. The van der Waals surface area contributed by atoms with E-state index in [1.165, 1.54) is 0 Å². The summed E-state index contributed by atoms with van der Waals surface area (Å²) in [5.41, 5.74) is 3.83. The van der Waals surface area contributed by atoms with E-state index in [1.807, 2.05) is 53.1 Å². The molecule has 0 amide bonds. The minimum atomic E-state index is -0.415. The van der Waals surface area contributed by atoms with Crippen LogP contribution in [0.3, 0.4) is 0 Å². The number of pyridine rings is 2. The van der Waals surface area contributed by atoms with Crippen LogP contribution >= 0.6 is 0 Å². The first kappa shape index (κ1) is 22.3. The summed E-state index contributed by atoms with van der Waals surface area (Å²) >= 11 is 0. The van der Waals surface area contributed by atoms with Crippen molar-refractivity contribution < 1.29 is 14.3 Å². The van der Waals surface area contributed by atoms with Crippen LogP contribution in [-0.4, -0.2) is 35.8 Å². The third kappa shape index (κ3) is 4.45. The Morgan fingerprint density at radius 3 is 2.56 bits per heavy atom. The van der Waals surface area contributed by atoms with Gasteiger partial charge in [0.2, 0.25) is 5.43 Å². The van der Waals surface area contributed by atoms with Gasteiger partial charge in [-0.05, 0) is 30.2 Å². The molecule has 0 unspecified atom stereocenters. The first-order valence-electron chi connectivity index (χ1n) is 11.6. The molecule has 7 heteroatoms. The van der Waals surface area contributed by atoms with Gasteiger partial charge in [-0.3, -0.25) is 14.6 Å². The lowest BCUT2D eigenvalue weighted by molar-refractivity contribution is -0.183. The number of benzene rings is 2. The monoisotopic (exact) mass is 452 g/mol. The quantitative estimate of drug-likeness (QED) is 0.332. The Morgan fingerprint density at radius 2 is 1.79 bits per heavy atom. The van der Waals surface area contributed by atoms with E-state index in [0.717, 1.165) is 36.1 Å². The third-order valence-electron chi connectivity index (χ3n) is 6.06. The average Bonchev–Trinajstić information content (AvgIpc) is 2.90. The van der Waals surface area contributed by atoms with Gasteiger partial charge in [0.05, 0.1) is 36.5 Å². The van der Waals surface area contributed by atoms with E-state index in [-0.39, 0.29) is 16.8 Å². The summed E-state index contributed by atoms with van der Waals surface area (Å²) in [6.45, 7) is 3.83. The highest BCUT2D eigenvalue weighted by atomic mass is 16.7. The van der Waals surface area contributed by atoms with Gasteiger partial charge in [-0.1, -0.05) is 55.4 Å². The first-order valence-corrected chi connectivity index (χ1v) is 11.6. The zero-order chi connectivity index (χ0) is 23.5. The molecule has 2 aromatic carbocycles. The van der Waals surface area contributed by atoms with Gasteiger partial charge in [-0.25, -0.2) is 0 Å². The van der Waals surface area contributed by atoms with Crippen molar-refractivity contribution in [2.24, 2.45) is 0 Å². The summed E-state index contributed by atoms with van der Waals surface area (Å²) < 4.78 is 13.2.